The third kappa shape index (κ3) is 5.62. The Labute approximate surface area is 205 Å². The number of hydrogen-bond donors (Lipinski definition) is 1. The molecule has 1 aliphatic rings. The topological polar surface area (TPSA) is 110 Å². The molecule has 8 nitrogen and oxygen atoms in total. The Hall–Kier alpha value is -3.86. The van der Waals surface area contributed by atoms with Crippen molar-refractivity contribution in [3.63, 3.8) is 0 Å². The molecule has 0 saturated carbocycles. The van der Waals surface area contributed by atoms with E-state index < -0.39 is 11.7 Å². The van der Waals surface area contributed by atoms with Gasteiger partial charge in [-0.1, -0.05) is 23.4 Å². The third-order valence-electron chi connectivity index (χ3n) is 5.57. The Morgan fingerprint density at radius 2 is 2.06 bits per heavy atom. The first-order chi connectivity index (χ1) is 16.6. The van der Waals surface area contributed by atoms with Crippen LogP contribution in [0.5, 0.6) is 5.75 Å². The van der Waals surface area contributed by atoms with Crippen molar-refractivity contribution in [3.05, 3.63) is 53.1 Å². The lowest BCUT2D eigenvalue weighted by Gasteiger charge is -2.29. The molecule has 0 saturated heterocycles. The number of benzene rings is 2. The number of hydrogen-bond acceptors (Lipinski definition) is 7. The highest BCUT2D eigenvalue weighted by Gasteiger charge is 2.27. The van der Waals surface area contributed by atoms with E-state index in [0.29, 0.717) is 28.6 Å². The number of carbonyl (C=O) groups excluding carboxylic acids is 1. The maximum absolute atomic E-state index is 12.4. The lowest BCUT2D eigenvalue weighted by atomic mass is 9.84. The standard InChI is InChI=1S/C27H30N4O4/c1-16(2)33-23-13-12-17(14-18(23)15-28)25-30-24(31-35-25)21-10-6-9-20-19(21)8-7-11-22(20)29-26(32)34-27(3,4)5/h6,9-10,12-14,16,22H,7-8,11H2,1-5H3,(H,29,32)/t22-/m1/s1. The fourth-order valence-electron chi connectivity index (χ4n) is 4.22. The van der Waals surface area contributed by atoms with Crippen LogP contribution in [0.3, 0.4) is 0 Å². The third-order valence-corrected chi connectivity index (χ3v) is 5.57. The van der Waals surface area contributed by atoms with Crippen molar-refractivity contribution >= 4 is 6.09 Å². The van der Waals surface area contributed by atoms with Gasteiger partial charge in [-0.2, -0.15) is 10.2 Å². The molecule has 0 bridgehead atoms. The Kier molecular flexibility index (Phi) is 6.79. The minimum atomic E-state index is -0.561. The van der Waals surface area contributed by atoms with E-state index in [0.717, 1.165) is 36.0 Å². The Morgan fingerprint density at radius 3 is 2.77 bits per heavy atom. The molecule has 3 aromatic rings. The SMILES string of the molecule is CC(C)Oc1ccc(-c2nc(-c3cccc4c3CCC[C@H]4NC(=O)OC(C)(C)C)no2)cc1C#N. The van der Waals surface area contributed by atoms with Crippen LogP contribution in [0.1, 0.15) is 70.2 Å². The first-order valence-electron chi connectivity index (χ1n) is 11.8. The van der Waals surface area contributed by atoms with E-state index >= 15 is 0 Å². The minimum Gasteiger partial charge on any atom is -0.490 e. The molecule has 1 N–H and O–H groups in total. The fraction of sp³-hybridized carbons (Fsp3) is 0.407. The van der Waals surface area contributed by atoms with Crippen LogP contribution in [0.2, 0.25) is 0 Å². The first-order valence-corrected chi connectivity index (χ1v) is 11.8. The Bertz CT molecular complexity index is 1270. The van der Waals surface area contributed by atoms with Gasteiger partial charge in [0.2, 0.25) is 5.82 Å². The Morgan fingerprint density at radius 1 is 1.26 bits per heavy atom. The summed E-state index contributed by atoms with van der Waals surface area (Å²) < 4.78 is 16.7. The largest absolute Gasteiger partial charge is 0.490 e. The summed E-state index contributed by atoms with van der Waals surface area (Å²) in [5, 5.41) is 16.8. The molecular formula is C27H30N4O4. The van der Waals surface area contributed by atoms with Gasteiger partial charge in [-0.25, -0.2) is 4.79 Å². The normalized spacial score (nSPS) is 15.3. The number of amides is 1. The van der Waals surface area contributed by atoms with Crippen LogP contribution in [0.15, 0.2) is 40.9 Å². The number of alkyl carbamates (subject to hydrolysis) is 1. The number of fused-ring (bicyclic) bond motifs is 1. The zero-order valence-corrected chi connectivity index (χ0v) is 20.7. The fourth-order valence-corrected chi connectivity index (χ4v) is 4.22. The van der Waals surface area contributed by atoms with E-state index in [1.165, 1.54) is 0 Å². The maximum Gasteiger partial charge on any atom is 0.408 e. The lowest BCUT2D eigenvalue weighted by molar-refractivity contribution is 0.0498. The van der Waals surface area contributed by atoms with Gasteiger partial charge in [0, 0.05) is 11.1 Å². The van der Waals surface area contributed by atoms with Crippen molar-refractivity contribution in [2.24, 2.45) is 0 Å². The molecule has 0 fully saturated rings. The van der Waals surface area contributed by atoms with Crippen LogP contribution in [0.25, 0.3) is 22.8 Å². The molecule has 1 aromatic heterocycles. The predicted molar refractivity (Wildman–Crippen MR) is 131 cm³/mol. The number of rotatable bonds is 5. The van der Waals surface area contributed by atoms with Crippen molar-refractivity contribution in [3.8, 4) is 34.7 Å². The second-order valence-electron chi connectivity index (χ2n) is 9.88. The van der Waals surface area contributed by atoms with Crippen LogP contribution in [0, 0.1) is 11.3 Å². The van der Waals surface area contributed by atoms with E-state index in [1.807, 2.05) is 52.8 Å². The molecule has 1 heterocycles. The van der Waals surface area contributed by atoms with E-state index in [4.69, 9.17) is 14.0 Å². The predicted octanol–water partition coefficient (Wildman–Crippen LogP) is 5.96. The summed E-state index contributed by atoms with van der Waals surface area (Å²) in [5.74, 6) is 1.31. The van der Waals surface area contributed by atoms with Crippen LogP contribution >= 0.6 is 0 Å². The molecule has 35 heavy (non-hydrogen) atoms. The van der Waals surface area contributed by atoms with E-state index in [9.17, 15) is 10.1 Å². The summed E-state index contributed by atoms with van der Waals surface area (Å²) in [6.45, 7) is 9.36. The molecule has 182 valence electrons. The van der Waals surface area contributed by atoms with Gasteiger partial charge in [0.25, 0.3) is 5.89 Å². The molecule has 1 amide bonds. The van der Waals surface area contributed by atoms with Gasteiger partial charge in [0.1, 0.15) is 17.4 Å². The van der Waals surface area contributed by atoms with Crippen LogP contribution in [-0.4, -0.2) is 27.9 Å². The number of carbonyl (C=O) groups is 1. The van der Waals surface area contributed by atoms with Gasteiger partial charge in [-0.15, -0.1) is 0 Å². The molecule has 8 heteroatoms. The second kappa shape index (κ2) is 9.79. The van der Waals surface area contributed by atoms with Crippen LogP contribution in [0.4, 0.5) is 4.79 Å². The summed E-state index contributed by atoms with van der Waals surface area (Å²) in [6, 6.07) is 13.2. The molecule has 1 atom stereocenters. The van der Waals surface area contributed by atoms with Crippen molar-refractivity contribution in [1.82, 2.24) is 15.5 Å². The van der Waals surface area contributed by atoms with Crippen molar-refractivity contribution in [1.29, 1.82) is 5.26 Å². The zero-order valence-electron chi connectivity index (χ0n) is 20.7. The monoisotopic (exact) mass is 474 g/mol. The summed E-state index contributed by atoms with van der Waals surface area (Å²) in [5.41, 5.74) is 3.48. The minimum absolute atomic E-state index is 0.0409. The van der Waals surface area contributed by atoms with Gasteiger partial charge in [0.15, 0.2) is 0 Å². The number of ether oxygens (including phenoxy) is 2. The molecule has 1 aliphatic carbocycles. The summed E-state index contributed by atoms with van der Waals surface area (Å²) >= 11 is 0. The molecule has 4 rings (SSSR count). The molecule has 0 radical (unpaired) electrons. The maximum atomic E-state index is 12.4. The number of nitrogens with one attached hydrogen (secondary N) is 1. The van der Waals surface area contributed by atoms with Gasteiger partial charge in [-0.05, 0) is 83.2 Å². The molecule has 0 unspecified atom stereocenters. The number of nitrogens with zero attached hydrogens (tertiary/aromatic N) is 3. The first kappa shape index (κ1) is 24.3. The highest BCUT2D eigenvalue weighted by Crippen LogP contribution is 2.36. The molecule has 0 aliphatic heterocycles. The molecule has 2 aromatic carbocycles. The van der Waals surface area contributed by atoms with Crippen molar-refractivity contribution in [2.45, 2.75) is 71.6 Å². The zero-order chi connectivity index (χ0) is 25.2. The van der Waals surface area contributed by atoms with Crippen molar-refractivity contribution < 1.29 is 18.8 Å². The highest BCUT2D eigenvalue weighted by atomic mass is 16.6. The quantitative estimate of drug-likeness (QED) is 0.485. The average molecular weight is 475 g/mol. The van der Waals surface area contributed by atoms with Crippen LogP contribution in [-0.2, 0) is 11.2 Å². The number of nitriles is 1. The summed E-state index contributed by atoms with van der Waals surface area (Å²) in [6.07, 6.45) is 2.12. The smallest absolute Gasteiger partial charge is 0.408 e. The highest BCUT2D eigenvalue weighted by molar-refractivity contribution is 5.70. The summed E-state index contributed by atoms with van der Waals surface area (Å²) in [7, 11) is 0. The van der Waals surface area contributed by atoms with E-state index in [2.05, 4.69) is 21.5 Å². The van der Waals surface area contributed by atoms with Gasteiger partial charge < -0.3 is 19.3 Å². The second-order valence-corrected chi connectivity index (χ2v) is 9.88. The molecule has 0 spiro atoms. The average Bonchev–Trinajstić information content (AvgIpc) is 3.27. The van der Waals surface area contributed by atoms with Gasteiger partial charge in [0.05, 0.1) is 17.7 Å². The molecular weight excluding hydrogens is 444 g/mol. The lowest BCUT2D eigenvalue weighted by Crippen LogP contribution is -2.36. The van der Waals surface area contributed by atoms with E-state index in [1.54, 1.807) is 18.2 Å². The van der Waals surface area contributed by atoms with E-state index in [-0.39, 0.29) is 12.1 Å². The Balaban J connectivity index is 1.61. The summed E-state index contributed by atoms with van der Waals surface area (Å²) in [4.78, 5) is 17.0. The number of aromatic nitrogens is 2. The van der Waals surface area contributed by atoms with Crippen molar-refractivity contribution in [2.75, 3.05) is 0 Å². The van der Waals surface area contributed by atoms with Gasteiger partial charge in [-0.3, -0.25) is 0 Å². The van der Waals surface area contributed by atoms with Gasteiger partial charge >= 0.3 is 6.09 Å². The van der Waals surface area contributed by atoms with Crippen LogP contribution < -0.4 is 10.1 Å².